The number of pyridine rings is 1. The molecule has 0 fully saturated rings. The van der Waals surface area contributed by atoms with E-state index in [-0.39, 0.29) is 0 Å². The Balaban J connectivity index is 2.12. The van der Waals surface area contributed by atoms with Crippen LogP contribution in [0, 0.1) is 20.8 Å². The fraction of sp³-hybridized carbons (Fsp3) is 0.242. The van der Waals surface area contributed by atoms with Gasteiger partial charge in [0.15, 0.2) is 0 Å². The van der Waals surface area contributed by atoms with Crippen molar-refractivity contribution in [2.75, 3.05) is 45.1 Å². The van der Waals surface area contributed by atoms with Crippen molar-refractivity contribution in [2.24, 2.45) is 0 Å². The number of hydrogen-bond donors (Lipinski definition) is 0. The molecule has 0 bridgehead atoms. The molecule has 1 heterocycles. The van der Waals surface area contributed by atoms with Crippen molar-refractivity contribution in [3.05, 3.63) is 89.5 Å². The highest BCUT2D eigenvalue weighted by Crippen LogP contribution is 2.44. The van der Waals surface area contributed by atoms with E-state index in [1.54, 1.807) is 7.11 Å². The van der Waals surface area contributed by atoms with Crippen molar-refractivity contribution in [3.8, 4) is 22.6 Å². The molecule has 188 valence electrons. The van der Waals surface area contributed by atoms with E-state index in [0.717, 1.165) is 33.5 Å². The number of fused-ring (bicyclic) bond motifs is 2. The van der Waals surface area contributed by atoms with Crippen molar-refractivity contribution >= 4 is 33.2 Å². The van der Waals surface area contributed by atoms with E-state index in [9.17, 15) is 0 Å². The SMILES string of the molecule is COc1cc(N(C)C)cc2c1c(-c1c(C)cc(C)cc1C)c1cc(N(C)C)ccc1[n+]2-c1ccccc1. The second-order valence-electron chi connectivity index (χ2n) is 10.4. The third-order valence-electron chi connectivity index (χ3n) is 7.24. The zero-order valence-corrected chi connectivity index (χ0v) is 23.2. The second-order valence-corrected chi connectivity index (χ2v) is 10.4. The lowest BCUT2D eigenvalue weighted by molar-refractivity contribution is -0.537. The van der Waals surface area contributed by atoms with Gasteiger partial charge in [-0.25, -0.2) is 0 Å². The summed E-state index contributed by atoms with van der Waals surface area (Å²) in [7, 11) is 10.1. The number of para-hydroxylation sites is 1. The summed E-state index contributed by atoms with van der Waals surface area (Å²) >= 11 is 0. The highest BCUT2D eigenvalue weighted by Gasteiger charge is 2.28. The minimum atomic E-state index is 0.873. The first-order valence-electron chi connectivity index (χ1n) is 12.7. The molecule has 5 aromatic rings. The lowest BCUT2D eigenvalue weighted by Gasteiger charge is -2.21. The summed E-state index contributed by atoms with van der Waals surface area (Å²) < 4.78 is 8.53. The number of rotatable bonds is 5. The second kappa shape index (κ2) is 9.44. The molecule has 0 saturated heterocycles. The van der Waals surface area contributed by atoms with Crippen LogP contribution in [0.3, 0.4) is 0 Å². The number of hydrogen-bond acceptors (Lipinski definition) is 3. The Morgan fingerprint density at radius 3 is 1.89 bits per heavy atom. The van der Waals surface area contributed by atoms with Crippen LogP contribution in [0.5, 0.6) is 5.75 Å². The maximum atomic E-state index is 6.15. The van der Waals surface area contributed by atoms with Gasteiger partial charge >= 0.3 is 0 Å². The summed E-state index contributed by atoms with van der Waals surface area (Å²) in [6.07, 6.45) is 0. The van der Waals surface area contributed by atoms with Crippen molar-refractivity contribution < 1.29 is 9.30 Å². The van der Waals surface area contributed by atoms with E-state index in [1.165, 1.54) is 38.9 Å². The maximum Gasteiger partial charge on any atom is 0.225 e. The molecule has 0 atom stereocenters. The number of aromatic nitrogens is 1. The van der Waals surface area contributed by atoms with Crippen LogP contribution in [0.2, 0.25) is 0 Å². The molecule has 0 aliphatic carbocycles. The van der Waals surface area contributed by atoms with Crippen molar-refractivity contribution in [2.45, 2.75) is 20.8 Å². The Bertz CT molecular complexity index is 1610. The van der Waals surface area contributed by atoms with Gasteiger partial charge in [0.1, 0.15) is 5.75 Å². The fourth-order valence-electron chi connectivity index (χ4n) is 5.58. The Labute approximate surface area is 220 Å². The molecule has 0 spiro atoms. The zero-order valence-electron chi connectivity index (χ0n) is 23.2. The van der Waals surface area contributed by atoms with Crippen LogP contribution in [-0.4, -0.2) is 35.3 Å². The van der Waals surface area contributed by atoms with E-state index >= 15 is 0 Å². The Morgan fingerprint density at radius 2 is 1.30 bits per heavy atom. The minimum absolute atomic E-state index is 0.873. The smallest absolute Gasteiger partial charge is 0.225 e. The predicted octanol–water partition coefficient (Wildman–Crippen LogP) is 7.00. The third-order valence-corrected chi connectivity index (χ3v) is 7.24. The first-order valence-corrected chi connectivity index (χ1v) is 12.7. The van der Waals surface area contributed by atoms with Gasteiger partial charge < -0.3 is 14.5 Å². The minimum Gasteiger partial charge on any atom is -0.496 e. The molecule has 0 radical (unpaired) electrons. The summed E-state index contributed by atoms with van der Waals surface area (Å²) in [6.45, 7) is 6.62. The molecule has 0 aliphatic rings. The molecule has 0 aliphatic heterocycles. The molecule has 0 amide bonds. The molecular formula is C33H36N3O+. The van der Waals surface area contributed by atoms with Crippen LogP contribution < -0.4 is 19.1 Å². The van der Waals surface area contributed by atoms with Gasteiger partial charge in [0.2, 0.25) is 16.7 Å². The van der Waals surface area contributed by atoms with Crippen LogP contribution in [0.15, 0.2) is 72.8 Å². The van der Waals surface area contributed by atoms with Crippen molar-refractivity contribution in [1.29, 1.82) is 0 Å². The standard InChI is InChI=1S/C33H36N3O/c1-21-16-22(2)31(23(3)17-21)32-27-18-25(34(4)5)14-15-28(27)36(24-12-10-9-11-13-24)29-19-26(35(6)7)20-30(37-8)33(29)32/h9-20H,1-8H3/q+1. The molecular weight excluding hydrogens is 454 g/mol. The number of nitrogens with zero attached hydrogens (tertiary/aromatic N) is 3. The normalized spacial score (nSPS) is 11.2. The van der Waals surface area contributed by atoms with Gasteiger partial charge in [0.05, 0.1) is 17.9 Å². The van der Waals surface area contributed by atoms with Gasteiger partial charge in [0, 0.05) is 75.5 Å². The number of benzene rings is 4. The topological polar surface area (TPSA) is 19.6 Å². The Hall–Kier alpha value is -4.05. The van der Waals surface area contributed by atoms with Crippen LogP contribution in [0.25, 0.3) is 38.6 Å². The van der Waals surface area contributed by atoms with Crippen molar-refractivity contribution in [3.63, 3.8) is 0 Å². The molecule has 4 heteroatoms. The highest BCUT2D eigenvalue weighted by atomic mass is 16.5. The van der Waals surface area contributed by atoms with Gasteiger partial charge in [-0.3, -0.25) is 0 Å². The molecule has 0 saturated carbocycles. The van der Waals surface area contributed by atoms with Crippen LogP contribution in [-0.2, 0) is 0 Å². The largest absolute Gasteiger partial charge is 0.496 e. The summed E-state index contributed by atoms with van der Waals surface area (Å²) in [5.41, 5.74) is 12.0. The van der Waals surface area contributed by atoms with Gasteiger partial charge in [0.25, 0.3) is 0 Å². The first-order chi connectivity index (χ1) is 17.7. The molecule has 0 N–H and O–H groups in total. The Morgan fingerprint density at radius 1 is 0.649 bits per heavy atom. The van der Waals surface area contributed by atoms with Gasteiger partial charge in [-0.05, 0) is 49.6 Å². The van der Waals surface area contributed by atoms with Crippen molar-refractivity contribution in [1.82, 2.24) is 0 Å². The van der Waals surface area contributed by atoms with Crippen LogP contribution >= 0.6 is 0 Å². The average Bonchev–Trinajstić information content (AvgIpc) is 2.87. The van der Waals surface area contributed by atoms with Crippen LogP contribution in [0.4, 0.5) is 11.4 Å². The lowest BCUT2D eigenvalue weighted by atomic mass is 9.88. The predicted molar refractivity (Wildman–Crippen MR) is 158 cm³/mol. The fourth-order valence-corrected chi connectivity index (χ4v) is 5.58. The Kier molecular flexibility index (Phi) is 6.28. The monoisotopic (exact) mass is 490 g/mol. The van der Waals surface area contributed by atoms with E-state index < -0.39 is 0 Å². The number of methoxy groups -OCH3 is 1. The first kappa shape index (κ1) is 24.6. The average molecular weight is 491 g/mol. The zero-order chi connectivity index (χ0) is 26.4. The lowest BCUT2D eigenvalue weighted by Crippen LogP contribution is -2.33. The van der Waals surface area contributed by atoms with Gasteiger partial charge in [-0.2, -0.15) is 4.57 Å². The van der Waals surface area contributed by atoms with E-state index in [1.807, 2.05) is 0 Å². The van der Waals surface area contributed by atoms with Crippen LogP contribution in [0.1, 0.15) is 16.7 Å². The third kappa shape index (κ3) is 4.17. The molecule has 5 rings (SSSR count). The number of ether oxygens (including phenoxy) is 1. The van der Waals surface area contributed by atoms with Gasteiger partial charge in [-0.1, -0.05) is 35.9 Å². The number of anilines is 2. The maximum absolute atomic E-state index is 6.15. The van der Waals surface area contributed by atoms with Gasteiger partial charge in [-0.15, -0.1) is 0 Å². The molecule has 0 unspecified atom stereocenters. The summed E-state index contributed by atoms with van der Waals surface area (Å²) in [5, 5.41) is 2.32. The quantitative estimate of drug-likeness (QED) is 0.195. The molecule has 4 nitrogen and oxygen atoms in total. The molecule has 4 aromatic carbocycles. The summed E-state index contributed by atoms with van der Waals surface area (Å²) in [5.74, 6) is 0.873. The highest BCUT2D eigenvalue weighted by molar-refractivity contribution is 6.12. The molecule has 37 heavy (non-hydrogen) atoms. The van der Waals surface area contributed by atoms with E-state index in [4.69, 9.17) is 4.74 Å². The summed E-state index contributed by atoms with van der Waals surface area (Å²) in [4.78, 5) is 4.31. The molecule has 1 aromatic heterocycles. The van der Waals surface area contributed by atoms with E-state index in [2.05, 4.69) is 136 Å². The number of aryl methyl sites for hydroxylation is 3. The summed E-state index contributed by atoms with van der Waals surface area (Å²) in [6, 6.07) is 26.4. The van der Waals surface area contributed by atoms with E-state index in [0.29, 0.717) is 0 Å².